The Balaban J connectivity index is 1.82. The van der Waals surface area contributed by atoms with Gasteiger partial charge < -0.3 is 15.4 Å². The lowest BCUT2D eigenvalue weighted by atomic mass is 9.96. The van der Waals surface area contributed by atoms with E-state index in [4.69, 9.17) is 4.74 Å². The van der Waals surface area contributed by atoms with E-state index in [9.17, 15) is 9.18 Å². The van der Waals surface area contributed by atoms with Crippen molar-refractivity contribution in [2.24, 2.45) is 5.92 Å². The smallest absolute Gasteiger partial charge is 0.275 e. The molecule has 0 aliphatic carbocycles. The lowest BCUT2D eigenvalue weighted by Gasteiger charge is -2.19. The number of carbonyl (C=O) groups excluding carboxylic acids is 1. The predicted molar refractivity (Wildman–Crippen MR) is 100 cm³/mol. The number of halogens is 1. The number of nitrogens with one attached hydrogen (secondary N) is 1. The number of para-hydroxylation sites is 1. The predicted octanol–water partition coefficient (Wildman–Crippen LogP) is 2.45. The number of rotatable bonds is 9. The third kappa shape index (κ3) is 5.85. The summed E-state index contributed by atoms with van der Waals surface area (Å²) in [6.07, 6.45) is 0.724. The Morgan fingerprint density at radius 3 is 2.50 bits per heavy atom. The Hall–Kier alpha value is -2.40. The van der Waals surface area contributed by atoms with E-state index in [1.807, 2.05) is 29.6 Å². The number of ether oxygens (including phenoxy) is 1. The number of hydrogen-bond donors (Lipinski definition) is 2. The molecule has 5 heteroatoms. The Morgan fingerprint density at radius 1 is 1.15 bits per heavy atom. The molecule has 0 saturated heterocycles. The van der Waals surface area contributed by atoms with Crippen molar-refractivity contribution in [3.05, 3.63) is 65.5 Å². The van der Waals surface area contributed by atoms with E-state index in [1.165, 1.54) is 12.1 Å². The third-order valence-electron chi connectivity index (χ3n) is 4.44. The van der Waals surface area contributed by atoms with Gasteiger partial charge in [-0.05, 0) is 30.2 Å². The molecule has 4 nitrogen and oxygen atoms in total. The van der Waals surface area contributed by atoms with Crippen LogP contribution >= 0.6 is 0 Å². The van der Waals surface area contributed by atoms with Gasteiger partial charge in [0.15, 0.2) is 6.54 Å². The van der Waals surface area contributed by atoms with Gasteiger partial charge in [0.2, 0.25) is 0 Å². The summed E-state index contributed by atoms with van der Waals surface area (Å²) in [7, 11) is 1.65. The first-order valence-electron chi connectivity index (χ1n) is 8.98. The maximum Gasteiger partial charge on any atom is 0.275 e. The first-order chi connectivity index (χ1) is 12.5. The van der Waals surface area contributed by atoms with Crippen LogP contribution in [0.4, 0.5) is 4.39 Å². The van der Waals surface area contributed by atoms with Gasteiger partial charge in [-0.2, -0.15) is 0 Å². The molecule has 0 heterocycles. The second-order valence-corrected chi connectivity index (χ2v) is 6.67. The zero-order chi connectivity index (χ0) is 18.9. The van der Waals surface area contributed by atoms with Gasteiger partial charge in [0, 0.05) is 18.0 Å². The summed E-state index contributed by atoms with van der Waals surface area (Å²) in [6, 6.07) is 14.4. The van der Waals surface area contributed by atoms with E-state index in [0.717, 1.165) is 23.3 Å². The van der Waals surface area contributed by atoms with Crippen LogP contribution in [0.15, 0.2) is 48.5 Å². The van der Waals surface area contributed by atoms with Crippen molar-refractivity contribution in [3.63, 3.8) is 0 Å². The van der Waals surface area contributed by atoms with E-state index in [2.05, 4.69) is 19.2 Å². The second kappa shape index (κ2) is 9.92. The molecule has 1 amide bonds. The summed E-state index contributed by atoms with van der Waals surface area (Å²) in [6.45, 7) is 5.11. The fourth-order valence-electron chi connectivity index (χ4n) is 3.03. The molecule has 3 N–H and O–H groups in total. The zero-order valence-electron chi connectivity index (χ0n) is 15.7. The average molecular weight is 359 g/mol. The maximum absolute atomic E-state index is 13.1. The largest absolute Gasteiger partial charge is 0.496 e. The van der Waals surface area contributed by atoms with Gasteiger partial charge in [-0.3, -0.25) is 4.79 Å². The monoisotopic (exact) mass is 359 g/mol. The van der Waals surface area contributed by atoms with Crippen molar-refractivity contribution in [3.8, 4) is 5.75 Å². The second-order valence-electron chi connectivity index (χ2n) is 6.67. The summed E-state index contributed by atoms with van der Waals surface area (Å²) >= 11 is 0. The molecule has 0 saturated carbocycles. The number of methoxy groups -OCH3 is 1. The molecule has 26 heavy (non-hydrogen) atoms. The Kier molecular flexibility index (Phi) is 7.60. The van der Waals surface area contributed by atoms with Gasteiger partial charge in [-0.1, -0.05) is 44.2 Å². The van der Waals surface area contributed by atoms with E-state index in [-0.39, 0.29) is 17.8 Å². The van der Waals surface area contributed by atoms with Gasteiger partial charge in [0.05, 0.1) is 7.11 Å². The lowest BCUT2D eigenvalue weighted by Crippen LogP contribution is -2.88. The molecular weight excluding hydrogens is 331 g/mol. The number of amides is 1. The van der Waals surface area contributed by atoms with Crippen molar-refractivity contribution in [1.82, 2.24) is 5.32 Å². The summed E-state index contributed by atoms with van der Waals surface area (Å²) < 4.78 is 18.4. The van der Waals surface area contributed by atoms with Crippen LogP contribution in [0.25, 0.3) is 0 Å². The lowest BCUT2D eigenvalue weighted by molar-refractivity contribution is -0.692. The molecule has 1 atom stereocenters. The summed E-state index contributed by atoms with van der Waals surface area (Å²) in [4.78, 5) is 12.2. The normalized spacial score (nSPS) is 12.0. The molecule has 2 aromatic rings. The topological polar surface area (TPSA) is 54.9 Å². The molecule has 2 rings (SSSR count). The quantitative estimate of drug-likeness (QED) is 0.723. The fraction of sp³-hybridized carbons (Fsp3) is 0.381. The van der Waals surface area contributed by atoms with E-state index < -0.39 is 0 Å². The zero-order valence-corrected chi connectivity index (χ0v) is 15.7. The highest BCUT2D eigenvalue weighted by Gasteiger charge is 2.20. The van der Waals surface area contributed by atoms with E-state index in [1.54, 1.807) is 19.2 Å². The number of benzene rings is 2. The molecule has 0 bridgehead atoms. The van der Waals surface area contributed by atoms with Crippen LogP contribution in [0.5, 0.6) is 5.75 Å². The maximum atomic E-state index is 13.1. The molecule has 2 aromatic carbocycles. The van der Waals surface area contributed by atoms with Gasteiger partial charge >= 0.3 is 0 Å². The van der Waals surface area contributed by atoms with Gasteiger partial charge in [-0.15, -0.1) is 0 Å². The molecule has 0 aliphatic heterocycles. The number of carbonyl (C=O) groups is 1. The molecule has 0 fully saturated rings. The van der Waals surface area contributed by atoms with Crippen LogP contribution in [0, 0.1) is 11.7 Å². The summed E-state index contributed by atoms with van der Waals surface area (Å²) in [5, 5.41) is 4.96. The van der Waals surface area contributed by atoms with Crippen molar-refractivity contribution in [1.29, 1.82) is 0 Å². The molecule has 0 radical (unpaired) electrons. The minimum absolute atomic E-state index is 0.00680. The van der Waals surface area contributed by atoms with Crippen LogP contribution in [-0.4, -0.2) is 26.1 Å². The van der Waals surface area contributed by atoms with Crippen LogP contribution < -0.4 is 15.4 Å². The average Bonchev–Trinajstić information content (AvgIpc) is 2.63. The number of quaternary nitrogens is 1. The van der Waals surface area contributed by atoms with Crippen molar-refractivity contribution >= 4 is 5.91 Å². The Morgan fingerprint density at radius 2 is 1.85 bits per heavy atom. The minimum Gasteiger partial charge on any atom is -0.496 e. The standard InChI is InChI=1S/C21H27FN2O2/c1-15(2)21(17-8-10-18(22)11-9-17)24-14-20(25)23-13-12-16-6-4-5-7-19(16)26-3/h4-11,15,21,24H,12-14H2,1-3H3,(H,23,25)/p+1/t21-/m1/s1. The molecule has 0 aliphatic rings. The Labute approximate surface area is 154 Å². The molecule has 0 spiro atoms. The van der Waals surface area contributed by atoms with Gasteiger partial charge in [0.1, 0.15) is 17.6 Å². The summed E-state index contributed by atoms with van der Waals surface area (Å²) in [5.74, 6) is 0.921. The van der Waals surface area contributed by atoms with Crippen LogP contribution in [0.2, 0.25) is 0 Å². The molecule has 0 aromatic heterocycles. The first kappa shape index (κ1) is 19.9. The van der Waals surface area contributed by atoms with Crippen molar-refractivity contribution < 1.29 is 19.2 Å². The van der Waals surface area contributed by atoms with Gasteiger partial charge in [0.25, 0.3) is 5.91 Å². The van der Waals surface area contributed by atoms with Crippen LogP contribution in [0.3, 0.4) is 0 Å². The molecular formula is C21H28FN2O2+. The van der Waals surface area contributed by atoms with Crippen molar-refractivity contribution in [2.75, 3.05) is 20.2 Å². The highest BCUT2D eigenvalue weighted by molar-refractivity contribution is 5.76. The first-order valence-corrected chi connectivity index (χ1v) is 8.98. The van der Waals surface area contributed by atoms with E-state index >= 15 is 0 Å². The molecule has 0 unspecified atom stereocenters. The molecule has 140 valence electrons. The highest BCUT2D eigenvalue weighted by atomic mass is 19.1. The van der Waals surface area contributed by atoms with Crippen molar-refractivity contribution in [2.45, 2.75) is 26.3 Å². The summed E-state index contributed by atoms with van der Waals surface area (Å²) in [5.41, 5.74) is 2.11. The third-order valence-corrected chi connectivity index (χ3v) is 4.44. The SMILES string of the molecule is COc1ccccc1CCNC(=O)C[NH2+][C@@H](c1ccc(F)cc1)C(C)C. The minimum atomic E-state index is -0.245. The number of nitrogens with two attached hydrogens (primary N) is 1. The van der Waals surface area contributed by atoms with Gasteiger partial charge in [-0.25, -0.2) is 4.39 Å². The van der Waals surface area contributed by atoms with Crippen LogP contribution in [-0.2, 0) is 11.2 Å². The number of hydrogen-bond acceptors (Lipinski definition) is 2. The highest BCUT2D eigenvalue weighted by Crippen LogP contribution is 2.18. The Bertz CT molecular complexity index is 701. The van der Waals surface area contributed by atoms with E-state index in [0.29, 0.717) is 19.0 Å². The fourth-order valence-corrected chi connectivity index (χ4v) is 3.03. The van der Waals surface area contributed by atoms with Crippen LogP contribution in [0.1, 0.15) is 31.0 Å².